The maximum atomic E-state index is 4.93. The van der Waals surface area contributed by atoms with Gasteiger partial charge in [0.1, 0.15) is 5.82 Å². The molecule has 6 heteroatoms. The third kappa shape index (κ3) is 5.75. The van der Waals surface area contributed by atoms with E-state index in [1.165, 1.54) is 16.7 Å². The second-order valence-corrected chi connectivity index (χ2v) is 9.30. The molecule has 0 aliphatic heterocycles. The van der Waals surface area contributed by atoms with Gasteiger partial charge in [0.15, 0.2) is 5.82 Å². The lowest BCUT2D eigenvalue weighted by atomic mass is 9.91. The van der Waals surface area contributed by atoms with Gasteiger partial charge in [0, 0.05) is 36.8 Å². The predicted molar refractivity (Wildman–Crippen MR) is 158 cm³/mol. The normalized spacial score (nSPS) is 11.0. The van der Waals surface area contributed by atoms with Crippen molar-refractivity contribution in [2.75, 3.05) is 17.2 Å². The molecule has 190 valence electrons. The van der Waals surface area contributed by atoms with Crippen molar-refractivity contribution in [2.24, 2.45) is 0 Å². The predicted octanol–water partition coefficient (Wildman–Crippen LogP) is 6.94. The molecule has 6 nitrogen and oxygen atoms in total. The Labute approximate surface area is 227 Å². The molecule has 0 atom stereocenters. The van der Waals surface area contributed by atoms with Gasteiger partial charge in [-0.15, -0.1) is 0 Å². The zero-order valence-electron chi connectivity index (χ0n) is 21.4. The van der Waals surface area contributed by atoms with Crippen LogP contribution < -0.4 is 10.6 Å². The molecule has 2 N–H and O–H groups in total. The van der Waals surface area contributed by atoms with Gasteiger partial charge >= 0.3 is 0 Å². The fourth-order valence-corrected chi connectivity index (χ4v) is 4.65. The number of benzene rings is 4. The van der Waals surface area contributed by atoms with Crippen LogP contribution in [0.15, 0.2) is 128 Å². The molecule has 0 aliphatic carbocycles. The van der Waals surface area contributed by atoms with Crippen LogP contribution in [0.1, 0.15) is 22.6 Å². The average Bonchev–Trinajstić information content (AvgIpc) is 3.02. The second kappa shape index (κ2) is 11.5. The molecule has 0 fully saturated rings. The maximum absolute atomic E-state index is 4.93. The van der Waals surface area contributed by atoms with Crippen molar-refractivity contribution in [3.05, 3.63) is 144 Å². The van der Waals surface area contributed by atoms with Crippen LogP contribution in [-0.2, 0) is 6.54 Å². The maximum Gasteiger partial charge on any atom is 0.222 e. The van der Waals surface area contributed by atoms with Crippen LogP contribution in [-0.4, -0.2) is 26.5 Å². The lowest BCUT2D eigenvalue weighted by Crippen LogP contribution is -2.15. The summed E-state index contributed by atoms with van der Waals surface area (Å²) in [4.78, 5) is 18.8. The Kier molecular flexibility index (Phi) is 7.17. The average molecular weight is 509 g/mol. The van der Waals surface area contributed by atoms with E-state index in [0.29, 0.717) is 24.9 Å². The number of fused-ring (bicyclic) bond motifs is 1. The number of anilines is 2. The first-order valence-electron chi connectivity index (χ1n) is 13.0. The van der Waals surface area contributed by atoms with Crippen LogP contribution in [0.4, 0.5) is 11.8 Å². The van der Waals surface area contributed by atoms with Crippen molar-refractivity contribution >= 4 is 22.7 Å². The van der Waals surface area contributed by atoms with Gasteiger partial charge in [-0.2, -0.15) is 0 Å². The van der Waals surface area contributed by atoms with E-state index in [1.807, 2.05) is 48.5 Å². The summed E-state index contributed by atoms with van der Waals surface area (Å²) in [6.07, 6.45) is 3.54. The Balaban J connectivity index is 1.27. The zero-order chi connectivity index (χ0) is 26.3. The Morgan fingerprint density at radius 1 is 0.590 bits per heavy atom. The topological polar surface area (TPSA) is 75.6 Å². The molecule has 4 aromatic carbocycles. The third-order valence-electron chi connectivity index (χ3n) is 6.68. The summed E-state index contributed by atoms with van der Waals surface area (Å²) in [5, 5.41) is 7.88. The fraction of sp³-hybridized carbons (Fsp3) is 0.0909. The molecule has 0 aliphatic rings. The van der Waals surface area contributed by atoms with Gasteiger partial charge in [0.05, 0.1) is 11.1 Å². The van der Waals surface area contributed by atoms with Gasteiger partial charge in [-0.3, -0.25) is 0 Å². The van der Waals surface area contributed by atoms with Crippen molar-refractivity contribution in [3.63, 3.8) is 0 Å². The summed E-state index contributed by atoms with van der Waals surface area (Å²) in [7, 11) is 0. The Morgan fingerprint density at radius 3 is 1.85 bits per heavy atom. The van der Waals surface area contributed by atoms with Gasteiger partial charge in [-0.1, -0.05) is 103 Å². The van der Waals surface area contributed by atoms with Crippen molar-refractivity contribution < 1.29 is 0 Å². The number of hydrogen-bond donors (Lipinski definition) is 2. The molecular formula is C33H28N6. The van der Waals surface area contributed by atoms with Crippen LogP contribution >= 0.6 is 0 Å². The Hall–Kier alpha value is -5.10. The molecule has 0 amide bonds. The van der Waals surface area contributed by atoms with Crippen LogP contribution in [0.3, 0.4) is 0 Å². The highest BCUT2D eigenvalue weighted by atomic mass is 15.1. The van der Waals surface area contributed by atoms with Crippen molar-refractivity contribution in [1.82, 2.24) is 19.9 Å². The molecule has 39 heavy (non-hydrogen) atoms. The smallest absolute Gasteiger partial charge is 0.222 e. The van der Waals surface area contributed by atoms with Gasteiger partial charge in [-0.25, -0.2) is 19.9 Å². The molecule has 0 radical (unpaired) electrons. The highest BCUT2D eigenvalue weighted by molar-refractivity contribution is 5.90. The fourth-order valence-electron chi connectivity index (χ4n) is 4.65. The summed E-state index contributed by atoms with van der Waals surface area (Å²) >= 11 is 0. The molecular weight excluding hydrogens is 480 g/mol. The van der Waals surface area contributed by atoms with Crippen molar-refractivity contribution in [1.29, 1.82) is 0 Å². The summed E-state index contributed by atoms with van der Waals surface area (Å²) in [6, 6.07) is 39.4. The van der Waals surface area contributed by atoms with Crippen LogP contribution in [0.25, 0.3) is 22.3 Å². The van der Waals surface area contributed by atoms with E-state index in [2.05, 4.69) is 87.3 Å². The number of nitrogens with zero attached hydrogens (tertiary/aromatic N) is 4. The first-order valence-corrected chi connectivity index (χ1v) is 13.0. The van der Waals surface area contributed by atoms with E-state index in [4.69, 9.17) is 9.97 Å². The SMILES string of the molecule is c1ccc(CNc2ncc(-c3nc(NCC(c4ccccc4)c4ccccc4)c4ccccc4n3)cn2)cc1. The highest BCUT2D eigenvalue weighted by Crippen LogP contribution is 2.28. The monoisotopic (exact) mass is 508 g/mol. The van der Waals surface area contributed by atoms with E-state index in [1.54, 1.807) is 12.4 Å². The standard InChI is InChI=1S/C33H28N6/c1-4-12-24(13-5-1)20-35-33-36-21-27(22-37-33)31-38-30-19-11-10-18-28(30)32(39-31)34-23-29(25-14-6-2-7-15-25)26-16-8-3-9-17-26/h1-19,21-22,29H,20,23H2,(H,34,38,39)(H,35,36,37). The minimum absolute atomic E-state index is 0.169. The minimum atomic E-state index is 0.169. The van der Waals surface area contributed by atoms with E-state index in [0.717, 1.165) is 22.3 Å². The summed E-state index contributed by atoms with van der Waals surface area (Å²) in [5.74, 6) is 2.11. The zero-order valence-corrected chi connectivity index (χ0v) is 21.4. The van der Waals surface area contributed by atoms with Gasteiger partial charge in [-0.05, 0) is 28.8 Å². The quantitative estimate of drug-likeness (QED) is 0.220. The lowest BCUT2D eigenvalue weighted by Gasteiger charge is -2.20. The largest absolute Gasteiger partial charge is 0.368 e. The lowest BCUT2D eigenvalue weighted by molar-refractivity contribution is 0.849. The number of hydrogen-bond acceptors (Lipinski definition) is 6. The molecule has 6 aromatic rings. The molecule has 2 aromatic heterocycles. The van der Waals surface area contributed by atoms with Crippen molar-refractivity contribution in [3.8, 4) is 11.4 Å². The molecule has 6 rings (SSSR count). The molecule has 0 saturated carbocycles. The van der Waals surface area contributed by atoms with E-state index in [-0.39, 0.29) is 5.92 Å². The molecule has 0 unspecified atom stereocenters. The van der Waals surface area contributed by atoms with Crippen LogP contribution in [0, 0.1) is 0 Å². The van der Waals surface area contributed by atoms with Gasteiger partial charge in [0.25, 0.3) is 0 Å². The summed E-state index contributed by atoms with van der Waals surface area (Å²) in [5.41, 5.74) is 5.30. The Bertz CT molecular complexity index is 1600. The molecule has 2 heterocycles. The first kappa shape index (κ1) is 24.2. The van der Waals surface area contributed by atoms with Crippen molar-refractivity contribution in [2.45, 2.75) is 12.5 Å². The molecule has 0 bridgehead atoms. The van der Waals surface area contributed by atoms with Gasteiger partial charge in [0.2, 0.25) is 5.95 Å². The minimum Gasteiger partial charge on any atom is -0.368 e. The Morgan fingerprint density at radius 2 is 1.18 bits per heavy atom. The van der Waals surface area contributed by atoms with E-state index < -0.39 is 0 Å². The van der Waals surface area contributed by atoms with Crippen LogP contribution in [0.2, 0.25) is 0 Å². The number of para-hydroxylation sites is 1. The summed E-state index contributed by atoms with van der Waals surface area (Å²) < 4.78 is 0. The van der Waals surface area contributed by atoms with Crippen LogP contribution in [0.5, 0.6) is 0 Å². The third-order valence-corrected chi connectivity index (χ3v) is 6.68. The molecule has 0 saturated heterocycles. The van der Waals surface area contributed by atoms with Gasteiger partial charge < -0.3 is 10.6 Å². The second-order valence-electron chi connectivity index (χ2n) is 9.30. The number of aromatic nitrogens is 4. The molecule has 0 spiro atoms. The number of rotatable bonds is 9. The number of nitrogens with one attached hydrogen (secondary N) is 2. The summed E-state index contributed by atoms with van der Waals surface area (Å²) in [6.45, 7) is 1.35. The highest BCUT2D eigenvalue weighted by Gasteiger charge is 2.16. The van der Waals surface area contributed by atoms with E-state index in [9.17, 15) is 0 Å². The van der Waals surface area contributed by atoms with E-state index >= 15 is 0 Å². The first-order chi connectivity index (χ1) is 19.3.